The number of hydrogen-bond acceptors (Lipinski definition) is 3. The molecule has 1 radical (unpaired) electrons. The molecule has 7 heavy (non-hydrogen) atoms. The maximum atomic E-state index is 4.35. The van der Waals surface area contributed by atoms with Crippen LogP contribution in [0.15, 0.2) is 10.9 Å². The maximum Gasteiger partial charge on any atom is 0.213 e. The zero-order chi connectivity index (χ0) is 4.41. The minimum atomic E-state index is 0. The number of hydrogen-bond donors (Lipinski definition) is 0. The largest absolute Gasteiger partial charge is 0.343 e. The van der Waals surface area contributed by atoms with E-state index in [0.717, 1.165) is 0 Å². The summed E-state index contributed by atoms with van der Waals surface area (Å²) < 4.78 is 4.35. The van der Waals surface area contributed by atoms with E-state index in [1.165, 1.54) is 6.39 Å². The Morgan fingerprint density at radius 2 is 2.43 bits per heavy atom. The number of aromatic nitrogens is 2. The van der Waals surface area contributed by atoms with Gasteiger partial charge in [-0.1, -0.05) is 5.16 Å². The predicted molar refractivity (Wildman–Crippen MR) is 24.8 cm³/mol. The van der Waals surface area contributed by atoms with E-state index in [4.69, 9.17) is 0 Å². The van der Waals surface area contributed by atoms with Crippen LogP contribution in [-0.4, -0.2) is 39.7 Å². The van der Waals surface area contributed by atoms with Gasteiger partial charge in [0.1, 0.15) is 0 Å². The Bertz CT molecular complexity index is 116. The van der Waals surface area contributed by atoms with Gasteiger partial charge in [0.2, 0.25) is 6.39 Å². The first kappa shape index (κ1) is 7.14. The van der Waals surface area contributed by atoms with Crippen LogP contribution < -0.4 is 0 Å². The van der Waals surface area contributed by atoms with E-state index in [9.17, 15) is 0 Å². The summed E-state index contributed by atoms with van der Waals surface area (Å²) in [6.07, 6.45) is 1.30. The third kappa shape index (κ3) is 2.06. The first-order valence-corrected chi connectivity index (χ1v) is 1.62. The summed E-state index contributed by atoms with van der Waals surface area (Å²) in [5, 5.41) is 3.43. The maximum absolute atomic E-state index is 4.35. The van der Waals surface area contributed by atoms with Crippen LogP contribution >= 0.6 is 0 Å². The summed E-state index contributed by atoms with van der Waals surface area (Å²) in [5.41, 5.74) is 0. The molecule has 0 spiro atoms. The minimum absolute atomic E-state index is 0. The van der Waals surface area contributed by atoms with Gasteiger partial charge in [0.05, 0.1) is 0 Å². The zero-order valence-electron chi connectivity index (χ0n) is 4.38. The van der Waals surface area contributed by atoms with Crippen LogP contribution in [0.1, 0.15) is 5.82 Å². The molecular formula is C3H4N2NaO. The molecule has 33 valence electrons. The van der Waals surface area contributed by atoms with Crippen molar-refractivity contribution in [3.8, 4) is 0 Å². The average Bonchev–Trinajstić information content (AvgIpc) is 1.86. The number of rotatable bonds is 0. The van der Waals surface area contributed by atoms with Gasteiger partial charge in [-0.3, -0.25) is 0 Å². The van der Waals surface area contributed by atoms with E-state index in [-0.39, 0.29) is 29.6 Å². The topological polar surface area (TPSA) is 38.9 Å². The minimum Gasteiger partial charge on any atom is -0.343 e. The van der Waals surface area contributed by atoms with Gasteiger partial charge in [-0.2, -0.15) is 4.98 Å². The molecule has 0 aromatic carbocycles. The smallest absolute Gasteiger partial charge is 0.213 e. The van der Waals surface area contributed by atoms with Gasteiger partial charge in [-0.05, 0) is 6.92 Å². The Hall–Kier alpha value is 0.140. The third-order valence-corrected chi connectivity index (χ3v) is 0.471. The molecule has 0 atom stereocenters. The number of aryl methyl sites for hydroxylation is 1. The second-order valence-corrected chi connectivity index (χ2v) is 0.978. The Morgan fingerprint density at radius 1 is 1.71 bits per heavy atom. The first-order valence-electron chi connectivity index (χ1n) is 1.62. The zero-order valence-corrected chi connectivity index (χ0v) is 6.38. The van der Waals surface area contributed by atoms with Crippen LogP contribution in [-0.2, 0) is 0 Å². The molecule has 1 aromatic rings. The van der Waals surface area contributed by atoms with E-state index in [1.807, 2.05) is 0 Å². The Balaban J connectivity index is 0.000000360. The second-order valence-electron chi connectivity index (χ2n) is 0.978. The van der Waals surface area contributed by atoms with Gasteiger partial charge in [0.25, 0.3) is 0 Å². The summed E-state index contributed by atoms with van der Waals surface area (Å²) in [6.45, 7) is 1.77. The van der Waals surface area contributed by atoms with Crippen LogP contribution in [0.5, 0.6) is 0 Å². The molecule has 0 N–H and O–H groups in total. The molecule has 0 aliphatic rings. The van der Waals surface area contributed by atoms with Crippen molar-refractivity contribution in [3.05, 3.63) is 12.2 Å². The SMILES string of the molecule is Cc1ncon1.[Na]. The van der Waals surface area contributed by atoms with Crippen molar-refractivity contribution in [2.75, 3.05) is 0 Å². The number of nitrogens with zero attached hydrogens (tertiary/aromatic N) is 2. The normalized spacial score (nSPS) is 7.57. The van der Waals surface area contributed by atoms with E-state index in [0.29, 0.717) is 5.82 Å². The van der Waals surface area contributed by atoms with Gasteiger partial charge in [-0.15, -0.1) is 0 Å². The van der Waals surface area contributed by atoms with E-state index in [2.05, 4.69) is 14.7 Å². The molecule has 0 fully saturated rings. The van der Waals surface area contributed by atoms with Crippen molar-refractivity contribution in [1.29, 1.82) is 0 Å². The van der Waals surface area contributed by atoms with Gasteiger partial charge in [0, 0.05) is 29.6 Å². The molecule has 4 heteroatoms. The van der Waals surface area contributed by atoms with E-state index in [1.54, 1.807) is 6.92 Å². The molecule has 1 aromatic heterocycles. The molecule has 0 saturated carbocycles. The molecule has 1 rings (SSSR count). The van der Waals surface area contributed by atoms with Gasteiger partial charge >= 0.3 is 0 Å². The van der Waals surface area contributed by atoms with Crippen LogP contribution in [0, 0.1) is 6.92 Å². The third-order valence-electron chi connectivity index (χ3n) is 0.471. The van der Waals surface area contributed by atoms with Crippen LogP contribution in [0.2, 0.25) is 0 Å². The summed E-state index contributed by atoms with van der Waals surface area (Å²) in [6, 6.07) is 0. The molecule has 0 aliphatic carbocycles. The van der Waals surface area contributed by atoms with E-state index >= 15 is 0 Å². The molecule has 1 heterocycles. The molecule has 0 amide bonds. The monoisotopic (exact) mass is 107 g/mol. The summed E-state index contributed by atoms with van der Waals surface area (Å²) in [7, 11) is 0. The fourth-order valence-corrected chi connectivity index (χ4v) is 0.223. The Kier molecular flexibility index (Phi) is 3.25. The molecule has 0 saturated heterocycles. The quantitative estimate of drug-likeness (QED) is 0.438. The van der Waals surface area contributed by atoms with Crippen LogP contribution in [0.3, 0.4) is 0 Å². The van der Waals surface area contributed by atoms with Gasteiger partial charge in [0.15, 0.2) is 5.82 Å². The molecule has 0 aliphatic heterocycles. The van der Waals surface area contributed by atoms with Crippen molar-refractivity contribution < 1.29 is 4.52 Å². The van der Waals surface area contributed by atoms with Gasteiger partial charge in [-0.25, -0.2) is 0 Å². The van der Waals surface area contributed by atoms with E-state index < -0.39 is 0 Å². The van der Waals surface area contributed by atoms with Crippen molar-refractivity contribution in [2.24, 2.45) is 0 Å². The Labute approximate surface area is 63.4 Å². The van der Waals surface area contributed by atoms with Crippen LogP contribution in [0.25, 0.3) is 0 Å². The van der Waals surface area contributed by atoms with Crippen molar-refractivity contribution >= 4 is 29.6 Å². The van der Waals surface area contributed by atoms with Crippen LogP contribution in [0.4, 0.5) is 0 Å². The Morgan fingerprint density at radius 3 is 2.57 bits per heavy atom. The van der Waals surface area contributed by atoms with Gasteiger partial charge < -0.3 is 4.52 Å². The first-order chi connectivity index (χ1) is 2.89. The molecular weight excluding hydrogens is 103 g/mol. The molecule has 0 unspecified atom stereocenters. The average molecular weight is 107 g/mol. The standard InChI is InChI=1S/C3H4N2O.Na/c1-3-4-2-6-5-3;/h2H,1H3;. The summed E-state index contributed by atoms with van der Waals surface area (Å²) in [5.74, 6) is 0.676. The van der Waals surface area contributed by atoms with Crippen molar-refractivity contribution in [1.82, 2.24) is 10.1 Å². The second kappa shape index (κ2) is 3.18. The molecule has 0 bridgehead atoms. The van der Waals surface area contributed by atoms with Crippen molar-refractivity contribution in [3.63, 3.8) is 0 Å². The fraction of sp³-hybridized carbons (Fsp3) is 0.333. The van der Waals surface area contributed by atoms with Crippen molar-refractivity contribution in [2.45, 2.75) is 6.92 Å². The molecule has 3 nitrogen and oxygen atoms in total. The summed E-state index contributed by atoms with van der Waals surface area (Å²) >= 11 is 0. The predicted octanol–water partition coefficient (Wildman–Crippen LogP) is -0.00278. The summed E-state index contributed by atoms with van der Waals surface area (Å²) in [4.78, 5) is 3.64. The fourth-order valence-electron chi connectivity index (χ4n) is 0.223.